The summed E-state index contributed by atoms with van der Waals surface area (Å²) in [5, 5.41) is 49.4. The van der Waals surface area contributed by atoms with Crippen molar-refractivity contribution in [2.75, 3.05) is 10.6 Å². The van der Waals surface area contributed by atoms with E-state index in [2.05, 4.69) is 20.8 Å². The summed E-state index contributed by atoms with van der Waals surface area (Å²) in [5.74, 6) is -3.23. The molecule has 0 aliphatic rings. The Morgan fingerprint density at radius 3 is 2.39 bits per heavy atom. The minimum atomic E-state index is -1.37. The van der Waals surface area contributed by atoms with Crippen LogP contribution in [0.3, 0.4) is 0 Å². The number of aromatic carboxylic acids is 1. The third-order valence-corrected chi connectivity index (χ3v) is 4.47. The van der Waals surface area contributed by atoms with Gasteiger partial charge in [-0.05, 0) is 30.3 Å². The molecule has 0 fully saturated rings. The number of carboxylic acids is 1. The van der Waals surface area contributed by atoms with Crippen molar-refractivity contribution >= 4 is 34.9 Å². The molecule has 0 saturated carbocycles. The summed E-state index contributed by atoms with van der Waals surface area (Å²) in [4.78, 5) is 35.8. The van der Waals surface area contributed by atoms with Crippen molar-refractivity contribution in [3.63, 3.8) is 0 Å². The van der Waals surface area contributed by atoms with Gasteiger partial charge in [0.25, 0.3) is 5.91 Å². The summed E-state index contributed by atoms with van der Waals surface area (Å²) < 4.78 is 0. The number of carboxylic acid groups (broad SMARTS) is 1. The van der Waals surface area contributed by atoms with E-state index in [4.69, 9.17) is 10.7 Å². The third kappa shape index (κ3) is 4.97. The summed E-state index contributed by atoms with van der Waals surface area (Å²) >= 11 is 0. The summed E-state index contributed by atoms with van der Waals surface area (Å²) in [6.45, 7) is 1.28. The number of nitrogens with zero attached hydrogens (tertiary/aromatic N) is 3. The number of aromatic nitrogens is 2. The van der Waals surface area contributed by atoms with Crippen LogP contribution in [-0.4, -0.2) is 43.9 Å². The Bertz CT molecular complexity index is 1330. The fourth-order valence-corrected chi connectivity index (χ4v) is 2.98. The lowest BCUT2D eigenvalue weighted by molar-refractivity contribution is -0.114. The van der Waals surface area contributed by atoms with E-state index in [1.807, 2.05) is 6.07 Å². The number of anilines is 2. The van der Waals surface area contributed by atoms with Gasteiger partial charge in [-0.25, -0.2) is 4.79 Å². The van der Waals surface area contributed by atoms with Crippen molar-refractivity contribution in [3.05, 3.63) is 65.5 Å². The molecule has 0 bridgehead atoms. The lowest BCUT2D eigenvalue weighted by Gasteiger charge is -2.15. The molecule has 2 aromatic carbocycles. The number of nitriles is 1. The van der Waals surface area contributed by atoms with Gasteiger partial charge in [0, 0.05) is 29.7 Å². The SMILES string of the molecule is CC(=O)Nc1cc(O)c(C(=N)C(=O)Nc2ccc(C#N)cc2C(=O)O)cc1-c1ccnnc1. The molecule has 1 heterocycles. The molecule has 0 radical (unpaired) electrons. The first kappa shape index (κ1) is 22.6. The van der Waals surface area contributed by atoms with Crippen molar-refractivity contribution in [1.29, 1.82) is 10.7 Å². The molecular weight excluding hydrogens is 428 g/mol. The monoisotopic (exact) mass is 444 g/mol. The number of hydrogen-bond donors (Lipinski definition) is 5. The zero-order valence-electron chi connectivity index (χ0n) is 17.1. The molecule has 1 aromatic heterocycles. The third-order valence-electron chi connectivity index (χ3n) is 4.47. The lowest BCUT2D eigenvalue weighted by Crippen LogP contribution is -2.24. The van der Waals surface area contributed by atoms with Crippen molar-refractivity contribution in [2.24, 2.45) is 0 Å². The van der Waals surface area contributed by atoms with E-state index in [1.54, 1.807) is 6.07 Å². The maximum absolute atomic E-state index is 12.7. The molecule has 0 spiro atoms. The molecule has 0 unspecified atom stereocenters. The van der Waals surface area contributed by atoms with Gasteiger partial charge in [0.05, 0.1) is 41.0 Å². The Morgan fingerprint density at radius 1 is 1.03 bits per heavy atom. The summed E-state index contributed by atoms with van der Waals surface area (Å²) in [5.41, 5.74) is -0.0936. The molecule has 11 heteroatoms. The van der Waals surface area contributed by atoms with E-state index in [0.717, 1.165) is 6.07 Å². The lowest BCUT2D eigenvalue weighted by atomic mass is 9.98. The minimum Gasteiger partial charge on any atom is -0.507 e. The molecule has 3 rings (SSSR count). The smallest absolute Gasteiger partial charge is 0.337 e. The standard InChI is InChI=1S/C22H16N6O5/c1-11(29)27-18-8-19(30)16(7-14(18)13-4-5-25-26-10-13)20(24)21(31)28-17-3-2-12(9-23)6-15(17)22(32)33/h2-8,10,24,30H,1H3,(H,27,29)(H,28,31)(H,32,33). The van der Waals surface area contributed by atoms with Crippen LogP contribution in [0.25, 0.3) is 11.1 Å². The predicted octanol–water partition coefficient (Wildman–Crippen LogP) is 2.38. The van der Waals surface area contributed by atoms with E-state index in [0.29, 0.717) is 11.1 Å². The number of phenolic OH excluding ortho intramolecular Hbond substituents is 1. The number of hydrogen-bond acceptors (Lipinski definition) is 8. The Labute approximate surface area is 186 Å². The maximum Gasteiger partial charge on any atom is 0.337 e. The summed E-state index contributed by atoms with van der Waals surface area (Å²) in [6, 6.07) is 9.57. The largest absolute Gasteiger partial charge is 0.507 e. The molecule has 0 aliphatic carbocycles. The Kier molecular flexibility index (Phi) is 6.40. The second-order valence-electron chi connectivity index (χ2n) is 6.73. The van der Waals surface area contributed by atoms with Crippen molar-refractivity contribution in [3.8, 4) is 22.9 Å². The predicted molar refractivity (Wildman–Crippen MR) is 117 cm³/mol. The molecule has 33 heavy (non-hydrogen) atoms. The number of aromatic hydroxyl groups is 1. The van der Waals surface area contributed by atoms with Crippen molar-refractivity contribution in [2.45, 2.75) is 6.92 Å². The van der Waals surface area contributed by atoms with Crippen LogP contribution >= 0.6 is 0 Å². The van der Waals surface area contributed by atoms with Crippen LogP contribution in [0.4, 0.5) is 11.4 Å². The number of carbonyl (C=O) groups is 3. The number of carbonyl (C=O) groups excluding carboxylic acids is 2. The molecule has 2 amide bonds. The van der Waals surface area contributed by atoms with E-state index >= 15 is 0 Å². The second kappa shape index (κ2) is 9.36. The quantitative estimate of drug-likeness (QED) is 0.358. The van der Waals surface area contributed by atoms with Gasteiger partial charge in [-0.3, -0.25) is 15.0 Å². The topological polar surface area (TPSA) is 189 Å². The van der Waals surface area contributed by atoms with E-state index in [-0.39, 0.29) is 28.1 Å². The van der Waals surface area contributed by atoms with Crippen LogP contribution < -0.4 is 10.6 Å². The first-order valence-corrected chi connectivity index (χ1v) is 9.30. The van der Waals surface area contributed by atoms with Crippen LogP contribution in [0.15, 0.2) is 48.8 Å². The van der Waals surface area contributed by atoms with Crippen LogP contribution in [-0.2, 0) is 9.59 Å². The van der Waals surface area contributed by atoms with Gasteiger partial charge >= 0.3 is 5.97 Å². The van der Waals surface area contributed by atoms with Crippen molar-refractivity contribution < 1.29 is 24.6 Å². The Hall–Kier alpha value is -5.11. The zero-order chi connectivity index (χ0) is 24.1. The average Bonchev–Trinajstić information content (AvgIpc) is 2.79. The molecule has 3 aromatic rings. The van der Waals surface area contributed by atoms with Gasteiger partial charge < -0.3 is 20.8 Å². The van der Waals surface area contributed by atoms with Gasteiger partial charge in [0.2, 0.25) is 5.91 Å². The summed E-state index contributed by atoms with van der Waals surface area (Å²) in [7, 11) is 0. The molecule has 11 nitrogen and oxygen atoms in total. The van der Waals surface area contributed by atoms with Gasteiger partial charge in [-0.2, -0.15) is 15.5 Å². The molecule has 5 N–H and O–H groups in total. The van der Waals surface area contributed by atoms with Crippen LogP contribution in [0, 0.1) is 16.7 Å². The molecule has 164 valence electrons. The zero-order valence-corrected chi connectivity index (χ0v) is 17.1. The number of benzene rings is 2. The highest BCUT2D eigenvalue weighted by Crippen LogP contribution is 2.34. The Morgan fingerprint density at radius 2 is 1.79 bits per heavy atom. The van der Waals surface area contributed by atoms with E-state index in [1.165, 1.54) is 43.6 Å². The van der Waals surface area contributed by atoms with Gasteiger partial charge in [0.1, 0.15) is 11.5 Å². The average molecular weight is 444 g/mol. The number of phenols is 1. The van der Waals surface area contributed by atoms with Gasteiger partial charge in [-0.1, -0.05) is 0 Å². The number of nitrogens with one attached hydrogen (secondary N) is 3. The highest BCUT2D eigenvalue weighted by Gasteiger charge is 2.22. The molecule has 0 aliphatic heterocycles. The van der Waals surface area contributed by atoms with E-state index in [9.17, 15) is 24.6 Å². The minimum absolute atomic E-state index is 0.0854. The molecular formula is C22H16N6O5. The fraction of sp³-hybridized carbons (Fsp3) is 0.0455. The van der Waals surface area contributed by atoms with Gasteiger partial charge in [0.15, 0.2) is 0 Å². The highest BCUT2D eigenvalue weighted by molar-refractivity contribution is 6.48. The first-order valence-electron chi connectivity index (χ1n) is 9.30. The van der Waals surface area contributed by atoms with Crippen LogP contribution in [0.2, 0.25) is 0 Å². The molecule has 0 saturated heterocycles. The number of rotatable bonds is 6. The summed E-state index contributed by atoms with van der Waals surface area (Å²) in [6.07, 6.45) is 2.82. The van der Waals surface area contributed by atoms with Gasteiger partial charge in [-0.15, -0.1) is 0 Å². The number of amides is 2. The van der Waals surface area contributed by atoms with Crippen LogP contribution in [0.1, 0.15) is 28.4 Å². The van der Waals surface area contributed by atoms with Crippen molar-refractivity contribution in [1.82, 2.24) is 10.2 Å². The fourth-order valence-electron chi connectivity index (χ4n) is 2.98. The normalized spacial score (nSPS) is 10.1. The molecule has 0 atom stereocenters. The second-order valence-corrected chi connectivity index (χ2v) is 6.73. The maximum atomic E-state index is 12.7. The Balaban J connectivity index is 2.00. The first-order chi connectivity index (χ1) is 15.7. The highest BCUT2D eigenvalue weighted by atomic mass is 16.4. The van der Waals surface area contributed by atoms with E-state index < -0.39 is 29.2 Å². The van der Waals surface area contributed by atoms with Crippen LogP contribution in [0.5, 0.6) is 5.75 Å².